The molecule has 0 spiro atoms. The van der Waals surface area contributed by atoms with Crippen molar-refractivity contribution in [2.24, 2.45) is 51.2 Å². The molecule has 8 aliphatic rings. The number of carbonyl (C=O) groups is 1. The van der Waals surface area contributed by atoms with E-state index in [0.717, 1.165) is 33.1 Å². The van der Waals surface area contributed by atoms with Crippen LogP contribution in [0.3, 0.4) is 0 Å². The zero-order chi connectivity index (χ0) is 44.4. The van der Waals surface area contributed by atoms with Crippen LogP contribution in [0.1, 0.15) is 131 Å². The van der Waals surface area contributed by atoms with Crippen LogP contribution in [0.2, 0.25) is 0 Å². The summed E-state index contributed by atoms with van der Waals surface area (Å²) in [6, 6.07) is 0. The summed E-state index contributed by atoms with van der Waals surface area (Å²) in [5.41, 5.74) is -20.4. The molecule has 8 bridgehead atoms. The lowest BCUT2D eigenvalue weighted by Crippen LogP contribution is -2.78. The zero-order valence-electron chi connectivity index (χ0n) is 33.2. The second-order valence-corrected chi connectivity index (χ2v) is 19.5. The summed E-state index contributed by atoms with van der Waals surface area (Å²) in [5.74, 6) is -1.74. The minimum Gasteiger partial charge on any atom is -0.458 e. The normalized spacial score (nSPS) is 35.7. The van der Waals surface area contributed by atoms with Gasteiger partial charge in [-0.05, 0) is 147 Å². The fraction of sp³-hybridized carbons (Fsp3) is 0.974. The third-order valence-electron chi connectivity index (χ3n) is 15.6. The molecule has 4 nitrogen and oxygen atoms in total. The molecular formula is C39H53F15O4. The van der Waals surface area contributed by atoms with E-state index in [1.807, 2.05) is 13.8 Å². The topological polar surface area (TPSA) is 55.8 Å². The maximum atomic E-state index is 14.4. The first-order chi connectivity index (χ1) is 25.9. The summed E-state index contributed by atoms with van der Waals surface area (Å²) < 4.78 is 220. The molecule has 0 aromatic heterocycles. The molecule has 19 heteroatoms. The molecule has 0 aliphatic heterocycles. The van der Waals surface area contributed by atoms with Crippen LogP contribution in [-0.4, -0.2) is 64.9 Å². The first-order valence-corrected chi connectivity index (χ1v) is 19.9. The highest BCUT2D eigenvalue weighted by molar-refractivity contribution is 5.78. The highest BCUT2D eigenvalue weighted by Gasteiger charge is 2.88. The molecule has 8 saturated carbocycles. The van der Waals surface area contributed by atoms with E-state index in [0.29, 0.717) is 17.8 Å². The van der Waals surface area contributed by atoms with Gasteiger partial charge in [-0.25, -0.2) is 0 Å². The minimum absolute atomic E-state index is 0.121. The smallest absolute Gasteiger partial charge is 0.427 e. The van der Waals surface area contributed by atoms with Crippen molar-refractivity contribution in [3.63, 3.8) is 0 Å². The summed E-state index contributed by atoms with van der Waals surface area (Å²) in [6.45, 7) is 8.19. The van der Waals surface area contributed by atoms with E-state index in [-0.39, 0.29) is 24.7 Å². The van der Waals surface area contributed by atoms with Crippen molar-refractivity contribution >= 4 is 5.97 Å². The summed E-state index contributed by atoms with van der Waals surface area (Å²) in [5, 5.41) is 10.2. The van der Waals surface area contributed by atoms with E-state index in [1.165, 1.54) is 33.1 Å². The summed E-state index contributed by atoms with van der Waals surface area (Å²) in [4.78, 5) is 12.5. The Morgan fingerprint density at radius 1 is 0.586 bits per heavy atom. The van der Waals surface area contributed by atoms with Gasteiger partial charge in [0.05, 0.1) is 6.10 Å². The quantitative estimate of drug-likeness (QED) is 0.185. The second-order valence-electron chi connectivity index (χ2n) is 19.5. The van der Waals surface area contributed by atoms with Crippen LogP contribution >= 0.6 is 0 Å². The number of esters is 1. The number of halogens is 15. The van der Waals surface area contributed by atoms with Gasteiger partial charge in [-0.3, -0.25) is 4.79 Å². The average Bonchev–Trinajstić information content (AvgIpc) is 3.02. The Bertz CT molecular complexity index is 1450. The molecule has 8 aliphatic carbocycles. The highest BCUT2D eigenvalue weighted by atomic mass is 19.4. The van der Waals surface area contributed by atoms with E-state index in [1.54, 1.807) is 0 Å². The molecule has 0 aromatic rings. The number of hydrogen-bond acceptors (Lipinski definition) is 4. The molecule has 0 saturated heterocycles. The Labute approximate surface area is 327 Å². The lowest BCUT2D eigenvalue weighted by Gasteiger charge is -2.69. The standard InChI is InChI=1S/C20H24F12O2.C19H29F3O2/c1-3-10(2)34-16(19(27,28)29,20(30,31)32)14-7-11-4-12(8-14)6-13(5-11,9-14)15(33,17(21,22)23)18(24,25)26;1-5-17(4,19(20,21)22)15(23)24-16(2,3)18-9-12-6-13(10-18)8-14(7-12)11-18/h10-12,33H,3-9H2,1-2H3;12-14H,5-11H2,1-4H3. The summed E-state index contributed by atoms with van der Waals surface area (Å²) in [6.07, 6.45) is -31.0. The summed E-state index contributed by atoms with van der Waals surface area (Å²) in [7, 11) is 0. The Balaban J connectivity index is 0.000000234. The highest BCUT2D eigenvalue weighted by Crippen LogP contribution is 2.77. The fourth-order valence-corrected chi connectivity index (χ4v) is 13.0. The van der Waals surface area contributed by atoms with Gasteiger partial charge in [-0.15, -0.1) is 0 Å². The van der Waals surface area contributed by atoms with Crippen molar-refractivity contribution in [2.75, 3.05) is 0 Å². The molecule has 4 atom stereocenters. The zero-order valence-corrected chi connectivity index (χ0v) is 33.2. The number of aliphatic hydroxyl groups is 1. The monoisotopic (exact) mass is 870 g/mol. The van der Waals surface area contributed by atoms with Crippen LogP contribution in [0.5, 0.6) is 0 Å². The molecule has 4 unspecified atom stereocenters. The predicted molar refractivity (Wildman–Crippen MR) is 178 cm³/mol. The minimum atomic E-state index is -6.38. The average molecular weight is 871 g/mol. The van der Waals surface area contributed by atoms with E-state index in [4.69, 9.17) is 4.74 Å². The van der Waals surface area contributed by atoms with Crippen LogP contribution in [-0.2, 0) is 14.3 Å². The van der Waals surface area contributed by atoms with Gasteiger partial charge in [0, 0.05) is 16.2 Å². The maximum Gasteiger partial charge on any atom is 0.427 e. The molecule has 0 radical (unpaired) electrons. The summed E-state index contributed by atoms with van der Waals surface area (Å²) >= 11 is 0. The van der Waals surface area contributed by atoms with E-state index in [2.05, 4.69) is 4.74 Å². The third-order valence-corrected chi connectivity index (χ3v) is 15.6. The number of alkyl halides is 15. The number of carbonyl (C=O) groups excluding carboxylic acids is 1. The Kier molecular flexibility index (Phi) is 11.6. The van der Waals surface area contributed by atoms with Crippen molar-refractivity contribution in [1.29, 1.82) is 0 Å². The molecule has 1 N–H and O–H groups in total. The van der Waals surface area contributed by atoms with Gasteiger partial charge in [0.25, 0.3) is 11.2 Å². The first-order valence-electron chi connectivity index (χ1n) is 19.9. The largest absolute Gasteiger partial charge is 0.458 e. The lowest BCUT2D eigenvalue weighted by atomic mass is 9.37. The number of rotatable bonds is 9. The Hall–Kier alpha value is -1.66. The van der Waals surface area contributed by atoms with Gasteiger partial charge in [-0.2, -0.15) is 65.9 Å². The third kappa shape index (κ3) is 7.03. The number of hydrogen-bond donors (Lipinski definition) is 1. The van der Waals surface area contributed by atoms with Crippen LogP contribution in [0.15, 0.2) is 0 Å². The Morgan fingerprint density at radius 3 is 1.28 bits per heavy atom. The Morgan fingerprint density at radius 2 is 0.948 bits per heavy atom. The van der Waals surface area contributed by atoms with E-state index >= 15 is 0 Å². The molecule has 338 valence electrons. The van der Waals surface area contributed by atoms with Crippen LogP contribution in [0.4, 0.5) is 65.9 Å². The fourth-order valence-electron chi connectivity index (χ4n) is 13.0. The van der Waals surface area contributed by atoms with Gasteiger partial charge in [0.2, 0.25) is 0 Å². The van der Waals surface area contributed by atoms with Crippen molar-refractivity contribution < 1.29 is 85.2 Å². The van der Waals surface area contributed by atoms with E-state index in [9.17, 15) is 75.8 Å². The molecule has 0 heterocycles. The molecular weight excluding hydrogens is 817 g/mol. The number of ether oxygens (including phenoxy) is 2. The van der Waals surface area contributed by atoms with Gasteiger partial charge in [-0.1, -0.05) is 13.8 Å². The van der Waals surface area contributed by atoms with Gasteiger partial charge in [0.15, 0.2) is 5.41 Å². The second kappa shape index (κ2) is 14.2. The van der Waals surface area contributed by atoms with Crippen LogP contribution < -0.4 is 0 Å². The van der Waals surface area contributed by atoms with Crippen molar-refractivity contribution in [3.05, 3.63) is 0 Å². The molecule has 8 rings (SSSR count). The molecule has 8 fully saturated rings. The van der Waals surface area contributed by atoms with E-state index < -0.39 is 120 Å². The van der Waals surface area contributed by atoms with Crippen molar-refractivity contribution in [3.8, 4) is 0 Å². The SMILES string of the molecule is CCC(C)(C(=O)OC(C)(C)C12CC3CC(CC(C3)C1)C2)C(F)(F)F.CCC(C)OC(C(F)(F)F)(C(F)(F)F)C12CC3CC(CC(C(O)(C(F)(F)F)C(F)(F)F)(C3)C1)C2. The van der Waals surface area contributed by atoms with Gasteiger partial charge < -0.3 is 14.6 Å². The predicted octanol–water partition coefficient (Wildman–Crippen LogP) is 12.6. The van der Waals surface area contributed by atoms with Crippen molar-refractivity contribution in [2.45, 2.75) is 185 Å². The van der Waals surface area contributed by atoms with Crippen LogP contribution in [0, 0.1) is 51.2 Å². The molecule has 0 amide bonds. The first kappa shape index (κ1) is 47.4. The van der Waals surface area contributed by atoms with Gasteiger partial charge in [0.1, 0.15) is 5.60 Å². The lowest BCUT2D eigenvalue weighted by molar-refractivity contribution is -0.459. The van der Waals surface area contributed by atoms with Crippen LogP contribution in [0.25, 0.3) is 0 Å². The maximum absolute atomic E-state index is 14.4. The molecule has 58 heavy (non-hydrogen) atoms. The van der Waals surface area contributed by atoms with Crippen molar-refractivity contribution in [1.82, 2.24) is 0 Å². The van der Waals surface area contributed by atoms with Gasteiger partial charge >= 0.3 is 36.9 Å². The molecule has 0 aromatic carbocycles.